The van der Waals surface area contributed by atoms with Crippen molar-refractivity contribution in [2.75, 3.05) is 26.7 Å². The number of likely N-dealkylation sites (tertiary alicyclic amines) is 1. The van der Waals surface area contributed by atoms with E-state index in [9.17, 15) is 9.59 Å². The molecule has 1 aromatic carbocycles. The quantitative estimate of drug-likeness (QED) is 0.475. The third-order valence-electron chi connectivity index (χ3n) is 7.33. The van der Waals surface area contributed by atoms with Crippen molar-refractivity contribution in [2.45, 2.75) is 25.9 Å². The van der Waals surface area contributed by atoms with Crippen LogP contribution in [0, 0.1) is 0 Å². The van der Waals surface area contributed by atoms with Gasteiger partial charge in [-0.15, -0.1) is 0 Å². The van der Waals surface area contributed by atoms with Gasteiger partial charge < -0.3 is 19.7 Å². The fourth-order valence-corrected chi connectivity index (χ4v) is 5.34. The second-order valence-electron chi connectivity index (χ2n) is 9.62. The lowest BCUT2D eigenvalue weighted by Crippen LogP contribution is -2.49. The summed E-state index contributed by atoms with van der Waals surface area (Å²) in [5.74, 6) is 1.28. The number of amides is 3. The maximum Gasteiger partial charge on any atom is 0.317 e. The third-order valence-corrected chi connectivity index (χ3v) is 7.33. The van der Waals surface area contributed by atoms with Crippen molar-refractivity contribution in [3.8, 4) is 22.5 Å². The summed E-state index contributed by atoms with van der Waals surface area (Å²) in [6, 6.07) is 6.19. The monoisotopic (exact) mass is 487 g/mol. The Morgan fingerprint density at radius 3 is 2.56 bits per heavy atom. The second-order valence-corrected chi connectivity index (χ2v) is 9.62. The molecule has 2 aliphatic heterocycles. The number of imidazole rings is 1. The normalized spacial score (nSPS) is 15.8. The molecular weight excluding hydrogens is 458 g/mol. The number of aryl methyl sites for hydroxylation is 2. The molecule has 0 unspecified atom stereocenters. The van der Waals surface area contributed by atoms with Crippen LogP contribution < -0.4 is 5.32 Å². The fraction of sp³-hybridized carbons (Fsp3) is 0.400. The largest absolute Gasteiger partial charge is 0.341 e. The Morgan fingerprint density at radius 1 is 1.06 bits per heavy atom. The van der Waals surface area contributed by atoms with Crippen LogP contribution in [0.1, 0.15) is 24.4 Å². The number of carbonyl (C=O) groups is 2. The molecule has 3 aromatic heterocycles. The topological polar surface area (TPSA) is 106 Å². The molecule has 4 aromatic rings. The van der Waals surface area contributed by atoms with E-state index in [2.05, 4.69) is 33.2 Å². The third kappa shape index (κ3) is 3.45. The predicted octanol–water partition coefficient (Wildman–Crippen LogP) is 1.94. The molecule has 36 heavy (non-hydrogen) atoms. The van der Waals surface area contributed by atoms with Crippen molar-refractivity contribution >= 4 is 22.8 Å². The maximum atomic E-state index is 12.5. The van der Waals surface area contributed by atoms with Crippen molar-refractivity contribution < 1.29 is 9.59 Å². The highest BCUT2D eigenvalue weighted by atomic mass is 16.2. The molecule has 0 bridgehead atoms. The van der Waals surface area contributed by atoms with Gasteiger partial charge in [0.1, 0.15) is 11.5 Å². The van der Waals surface area contributed by atoms with Gasteiger partial charge in [0.15, 0.2) is 0 Å². The van der Waals surface area contributed by atoms with Crippen molar-refractivity contribution in [1.29, 1.82) is 0 Å². The number of carbonyl (C=O) groups excluding carboxylic acids is 2. The molecular formula is C25H29N9O2. The first kappa shape index (κ1) is 22.3. The summed E-state index contributed by atoms with van der Waals surface area (Å²) >= 11 is 0. The predicted molar refractivity (Wildman–Crippen MR) is 134 cm³/mol. The molecule has 0 radical (unpaired) electrons. The number of hydrogen-bond donors (Lipinski definition) is 1. The fourth-order valence-electron chi connectivity index (χ4n) is 5.34. The van der Waals surface area contributed by atoms with E-state index in [-0.39, 0.29) is 17.9 Å². The summed E-state index contributed by atoms with van der Waals surface area (Å²) in [4.78, 5) is 33.0. The van der Waals surface area contributed by atoms with E-state index in [1.165, 1.54) is 0 Å². The number of aromatic nitrogens is 6. The average Bonchev–Trinajstić information content (AvgIpc) is 3.52. The molecule has 5 heterocycles. The van der Waals surface area contributed by atoms with Gasteiger partial charge in [-0.05, 0) is 12.1 Å². The second kappa shape index (κ2) is 8.21. The van der Waals surface area contributed by atoms with Crippen molar-refractivity contribution in [3.05, 3.63) is 42.1 Å². The molecule has 11 nitrogen and oxygen atoms in total. The Morgan fingerprint density at radius 2 is 1.86 bits per heavy atom. The van der Waals surface area contributed by atoms with Gasteiger partial charge in [-0.1, -0.05) is 6.07 Å². The SMILES string of the molecule is CNC(=O)N1CCn2c(C3CN(C(C)=O)C3)nc(-c3ccc4c(c3)c(-c3cnn(C)c3)nn4C)c2C1. The highest BCUT2D eigenvalue weighted by Crippen LogP contribution is 2.37. The van der Waals surface area contributed by atoms with Crippen LogP contribution in [0.5, 0.6) is 0 Å². The molecule has 11 heteroatoms. The molecule has 186 valence electrons. The summed E-state index contributed by atoms with van der Waals surface area (Å²) in [5.41, 5.74) is 5.73. The minimum Gasteiger partial charge on any atom is -0.341 e. The standard InChI is InChI=1S/C25H29N9O2/c1-15(35)33-12-18(13-33)24-28-23(21-14-32(25(36)26-2)7-8-34(21)24)16-5-6-20-19(9-16)22(29-31(20)4)17-10-27-30(3)11-17/h5-6,9-11,18H,7-8,12-14H2,1-4H3,(H,26,36). The summed E-state index contributed by atoms with van der Waals surface area (Å²) in [5, 5.41) is 12.8. The Bertz CT molecular complexity index is 1510. The number of nitrogens with zero attached hydrogens (tertiary/aromatic N) is 8. The van der Waals surface area contributed by atoms with E-state index >= 15 is 0 Å². The number of urea groups is 1. The van der Waals surface area contributed by atoms with Crippen LogP contribution in [0.2, 0.25) is 0 Å². The average molecular weight is 488 g/mol. The molecule has 0 spiro atoms. The zero-order valence-corrected chi connectivity index (χ0v) is 20.9. The summed E-state index contributed by atoms with van der Waals surface area (Å²) in [7, 11) is 5.49. The first-order valence-electron chi connectivity index (χ1n) is 12.1. The van der Waals surface area contributed by atoms with Crippen LogP contribution >= 0.6 is 0 Å². The molecule has 1 saturated heterocycles. The van der Waals surface area contributed by atoms with Gasteiger partial charge >= 0.3 is 6.03 Å². The number of nitrogens with one attached hydrogen (secondary N) is 1. The minimum atomic E-state index is -0.0945. The lowest BCUT2D eigenvalue weighted by Gasteiger charge is -2.39. The molecule has 0 atom stereocenters. The van der Waals surface area contributed by atoms with E-state index in [0.29, 0.717) is 32.7 Å². The Kier molecular flexibility index (Phi) is 5.09. The molecule has 6 rings (SSSR count). The highest BCUT2D eigenvalue weighted by Gasteiger charge is 2.36. The smallest absolute Gasteiger partial charge is 0.317 e. The van der Waals surface area contributed by atoms with E-state index in [1.54, 1.807) is 18.7 Å². The van der Waals surface area contributed by atoms with Gasteiger partial charge in [0.2, 0.25) is 5.91 Å². The van der Waals surface area contributed by atoms with E-state index in [0.717, 1.165) is 44.9 Å². The van der Waals surface area contributed by atoms with Gasteiger partial charge in [0.25, 0.3) is 0 Å². The van der Waals surface area contributed by atoms with E-state index in [1.807, 2.05) is 41.0 Å². The van der Waals surface area contributed by atoms with Crippen molar-refractivity contribution in [3.63, 3.8) is 0 Å². The zero-order chi connectivity index (χ0) is 25.1. The highest BCUT2D eigenvalue weighted by molar-refractivity contribution is 5.96. The Hall–Kier alpha value is -4.15. The molecule has 0 aliphatic carbocycles. The Balaban J connectivity index is 1.46. The number of benzene rings is 1. The molecule has 1 fully saturated rings. The van der Waals surface area contributed by atoms with Gasteiger partial charge in [0.05, 0.1) is 35.6 Å². The number of hydrogen-bond acceptors (Lipinski definition) is 5. The summed E-state index contributed by atoms with van der Waals surface area (Å²) in [6.07, 6.45) is 3.79. The van der Waals surface area contributed by atoms with E-state index < -0.39 is 0 Å². The zero-order valence-electron chi connectivity index (χ0n) is 20.9. The first-order chi connectivity index (χ1) is 17.3. The molecule has 0 saturated carbocycles. The summed E-state index contributed by atoms with van der Waals surface area (Å²) < 4.78 is 5.91. The van der Waals surface area contributed by atoms with Gasteiger partial charge in [-0.25, -0.2) is 9.78 Å². The van der Waals surface area contributed by atoms with Crippen LogP contribution in [0.4, 0.5) is 4.79 Å². The molecule has 2 aliphatic rings. The van der Waals surface area contributed by atoms with Crippen LogP contribution in [-0.4, -0.2) is 77.5 Å². The lowest BCUT2D eigenvalue weighted by molar-refractivity contribution is -0.133. The minimum absolute atomic E-state index is 0.0904. The number of rotatable bonds is 3. The van der Waals surface area contributed by atoms with E-state index in [4.69, 9.17) is 10.1 Å². The van der Waals surface area contributed by atoms with Crippen LogP contribution in [0.15, 0.2) is 30.6 Å². The molecule has 3 amide bonds. The van der Waals surface area contributed by atoms with Crippen LogP contribution in [0.25, 0.3) is 33.4 Å². The lowest BCUT2D eigenvalue weighted by atomic mass is 9.99. The number of fused-ring (bicyclic) bond motifs is 2. The van der Waals surface area contributed by atoms with Gasteiger partial charge in [0, 0.05) is 77.0 Å². The van der Waals surface area contributed by atoms with Gasteiger partial charge in [-0.2, -0.15) is 10.2 Å². The Labute approximate surface area is 208 Å². The van der Waals surface area contributed by atoms with Crippen molar-refractivity contribution in [2.24, 2.45) is 14.1 Å². The van der Waals surface area contributed by atoms with Crippen LogP contribution in [0.3, 0.4) is 0 Å². The molecule has 1 N–H and O–H groups in total. The summed E-state index contributed by atoms with van der Waals surface area (Å²) in [6.45, 7) is 4.73. The maximum absolute atomic E-state index is 12.5. The van der Waals surface area contributed by atoms with Gasteiger partial charge in [-0.3, -0.25) is 14.2 Å². The van der Waals surface area contributed by atoms with Crippen molar-refractivity contribution in [1.82, 2.24) is 44.2 Å². The van der Waals surface area contributed by atoms with Crippen LogP contribution in [-0.2, 0) is 32.0 Å². The first-order valence-corrected chi connectivity index (χ1v) is 12.1.